The molecule has 8 heteroatoms. The number of rotatable bonds is 4. The zero-order chi connectivity index (χ0) is 17.0. The summed E-state index contributed by atoms with van der Waals surface area (Å²) in [5.74, 6) is -0.690. The van der Waals surface area contributed by atoms with Gasteiger partial charge in [0, 0.05) is 13.1 Å². The van der Waals surface area contributed by atoms with E-state index in [0.717, 1.165) is 6.26 Å². The number of carbonyl (C=O) groups is 2. The molecular formula is C15H20N2O5S. The minimum Gasteiger partial charge on any atom is -0.469 e. The van der Waals surface area contributed by atoms with E-state index in [1.165, 1.54) is 7.11 Å². The number of sulfonamides is 1. The van der Waals surface area contributed by atoms with Crippen molar-refractivity contribution in [3.05, 3.63) is 29.8 Å². The summed E-state index contributed by atoms with van der Waals surface area (Å²) in [4.78, 5) is 25.8. The Hall–Kier alpha value is -2.09. The fourth-order valence-corrected chi connectivity index (χ4v) is 3.19. The van der Waals surface area contributed by atoms with Crippen molar-refractivity contribution in [2.75, 3.05) is 31.2 Å². The molecular weight excluding hydrogens is 320 g/mol. The van der Waals surface area contributed by atoms with Gasteiger partial charge in [-0.3, -0.25) is 14.3 Å². The van der Waals surface area contributed by atoms with Crippen LogP contribution in [0.5, 0.6) is 0 Å². The Balaban J connectivity index is 2.12. The summed E-state index contributed by atoms with van der Waals surface area (Å²) in [5, 5.41) is 0. The molecule has 1 aliphatic rings. The van der Waals surface area contributed by atoms with Gasteiger partial charge < -0.3 is 9.64 Å². The lowest BCUT2D eigenvalue weighted by atomic mass is 9.96. The zero-order valence-corrected chi connectivity index (χ0v) is 13.9. The summed E-state index contributed by atoms with van der Waals surface area (Å²) in [6, 6.07) is 6.48. The molecule has 1 saturated heterocycles. The highest BCUT2D eigenvalue weighted by Crippen LogP contribution is 2.23. The predicted octanol–water partition coefficient (Wildman–Crippen LogP) is 1.08. The second-order valence-corrected chi connectivity index (χ2v) is 7.26. The predicted molar refractivity (Wildman–Crippen MR) is 85.6 cm³/mol. The number of anilines is 1. The molecule has 1 amide bonds. The van der Waals surface area contributed by atoms with Crippen LogP contribution in [0.3, 0.4) is 0 Å². The molecule has 1 aromatic carbocycles. The SMILES string of the molecule is COC(=O)C1CCN(C(=O)c2ccccc2NS(C)(=O)=O)CC1. The Morgan fingerprint density at radius 2 is 1.83 bits per heavy atom. The van der Waals surface area contributed by atoms with Crippen LogP contribution < -0.4 is 4.72 Å². The largest absolute Gasteiger partial charge is 0.469 e. The van der Waals surface area contributed by atoms with Gasteiger partial charge in [-0.2, -0.15) is 0 Å². The summed E-state index contributed by atoms with van der Waals surface area (Å²) in [6.07, 6.45) is 2.12. The minimum absolute atomic E-state index is 0.187. The number of para-hydroxylation sites is 1. The van der Waals surface area contributed by atoms with Crippen LogP contribution in [0, 0.1) is 5.92 Å². The van der Waals surface area contributed by atoms with Gasteiger partial charge >= 0.3 is 5.97 Å². The van der Waals surface area contributed by atoms with Gasteiger partial charge in [-0.05, 0) is 25.0 Å². The highest BCUT2D eigenvalue weighted by atomic mass is 32.2. The smallest absolute Gasteiger partial charge is 0.308 e. The van der Waals surface area contributed by atoms with Crippen LogP contribution in [0.15, 0.2) is 24.3 Å². The van der Waals surface area contributed by atoms with Crippen LogP contribution in [0.4, 0.5) is 5.69 Å². The molecule has 0 bridgehead atoms. The Bertz CT molecular complexity index is 694. The van der Waals surface area contributed by atoms with E-state index in [1.54, 1.807) is 29.2 Å². The van der Waals surface area contributed by atoms with E-state index in [4.69, 9.17) is 4.74 Å². The third kappa shape index (κ3) is 4.44. The minimum atomic E-state index is -3.47. The third-order valence-corrected chi connectivity index (χ3v) is 4.36. The molecule has 0 aromatic heterocycles. The van der Waals surface area contributed by atoms with E-state index in [-0.39, 0.29) is 23.5 Å². The first-order chi connectivity index (χ1) is 10.8. The number of hydrogen-bond donors (Lipinski definition) is 1. The molecule has 1 N–H and O–H groups in total. The number of esters is 1. The highest BCUT2D eigenvalue weighted by molar-refractivity contribution is 7.92. The number of methoxy groups -OCH3 is 1. The topological polar surface area (TPSA) is 92.8 Å². The zero-order valence-electron chi connectivity index (χ0n) is 13.1. The third-order valence-electron chi connectivity index (χ3n) is 3.77. The number of amides is 1. The van der Waals surface area contributed by atoms with E-state index in [1.807, 2.05) is 0 Å². The molecule has 1 aliphatic heterocycles. The lowest BCUT2D eigenvalue weighted by molar-refractivity contribution is -0.146. The molecule has 0 spiro atoms. The summed E-state index contributed by atoms with van der Waals surface area (Å²) in [7, 11) is -2.12. The second-order valence-electron chi connectivity index (χ2n) is 5.51. The van der Waals surface area contributed by atoms with Gasteiger partial charge in [-0.1, -0.05) is 12.1 Å². The molecule has 0 saturated carbocycles. The van der Waals surface area contributed by atoms with E-state index in [0.29, 0.717) is 31.5 Å². The van der Waals surface area contributed by atoms with Crippen molar-refractivity contribution in [2.24, 2.45) is 5.92 Å². The molecule has 1 fully saturated rings. The molecule has 0 aliphatic carbocycles. The van der Waals surface area contributed by atoms with Gasteiger partial charge in [0.15, 0.2) is 0 Å². The summed E-state index contributed by atoms with van der Waals surface area (Å²) < 4.78 is 29.9. The normalized spacial score (nSPS) is 16.0. The Labute approximate surface area is 135 Å². The van der Waals surface area contributed by atoms with Crippen LogP contribution in [-0.2, 0) is 19.6 Å². The molecule has 2 rings (SSSR count). The number of carbonyl (C=O) groups excluding carboxylic acids is 2. The summed E-state index contributed by atoms with van der Waals surface area (Å²) >= 11 is 0. The molecule has 1 heterocycles. The first kappa shape index (κ1) is 17.3. The fraction of sp³-hybridized carbons (Fsp3) is 0.467. The first-order valence-corrected chi connectivity index (χ1v) is 9.15. The molecule has 126 valence electrons. The number of ether oxygens (including phenoxy) is 1. The maximum Gasteiger partial charge on any atom is 0.308 e. The number of hydrogen-bond acceptors (Lipinski definition) is 5. The van der Waals surface area contributed by atoms with Crippen molar-refractivity contribution in [3.8, 4) is 0 Å². The number of piperidine rings is 1. The van der Waals surface area contributed by atoms with Crippen molar-refractivity contribution < 1.29 is 22.7 Å². The molecule has 0 atom stereocenters. The summed E-state index contributed by atoms with van der Waals surface area (Å²) in [5.41, 5.74) is 0.560. The number of benzene rings is 1. The molecule has 1 aromatic rings. The van der Waals surface area contributed by atoms with Crippen molar-refractivity contribution in [2.45, 2.75) is 12.8 Å². The maximum absolute atomic E-state index is 12.6. The van der Waals surface area contributed by atoms with Crippen LogP contribution in [0.2, 0.25) is 0 Å². The van der Waals surface area contributed by atoms with E-state index in [9.17, 15) is 18.0 Å². The van der Waals surface area contributed by atoms with Gasteiger partial charge in [0.2, 0.25) is 10.0 Å². The van der Waals surface area contributed by atoms with E-state index >= 15 is 0 Å². The Morgan fingerprint density at radius 3 is 2.39 bits per heavy atom. The van der Waals surface area contributed by atoms with Gasteiger partial charge in [-0.25, -0.2) is 8.42 Å². The Morgan fingerprint density at radius 1 is 1.22 bits per heavy atom. The van der Waals surface area contributed by atoms with Crippen LogP contribution >= 0.6 is 0 Å². The van der Waals surface area contributed by atoms with Crippen molar-refractivity contribution in [3.63, 3.8) is 0 Å². The fourth-order valence-electron chi connectivity index (χ4n) is 2.61. The van der Waals surface area contributed by atoms with E-state index in [2.05, 4.69) is 4.72 Å². The highest BCUT2D eigenvalue weighted by Gasteiger charge is 2.29. The van der Waals surface area contributed by atoms with Gasteiger partial charge in [0.05, 0.1) is 30.5 Å². The lowest BCUT2D eigenvalue weighted by Crippen LogP contribution is -2.40. The van der Waals surface area contributed by atoms with Gasteiger partial charge in [0.25, 0.3) is 5.91 Å². The van der Waals surface area contributed by atoms with Crippen LogP contribution in [0.25, 0.3) is 0 Å². The van der Waals surface area contributed by atoms with Crippen molar-refractivity contribution in [1.82, 2.24) is 4.90 Å². The average Bonchev–Trinajstić information content (AvgIpc) is 2.52. The molecule has 0 radical (unpaired) electrons. The van der Waals surface area contributed by atoms with E-state index < -0.39 is 10.0 Å². The van der Waals surface area contributed by atoms with Gasteiger partial charge in [-0.15, -0.1) is 0 Å². The number of likely N-dealkylation sites (tertiary alicyclic amines) is 1. The number of nitrogens with zero attached hydrogens (tertiary/aromatic N) is 1. The van der Waals surface area contributed by atoms with Crippen molar-refractivity contribution in [1.29, 1.82) is 0 Å². The molecule has 0 unspecified atom stereocenters. The number of nitrogens with one attached hydrogen (secondary N) is 1. The summed E-state index contributed by atoms with van der Waals surface area (Å²) in [6.45, 7) is 0.873. The molecule has 23 heavy (non-hydrogen) atoms. The Kier molecular flexibility index (Phi) is 5.25. The van der Waals surface area contributed by atoms with Gasteiger partial charge in [0.1, 0.15) is 0 Å². The first-order valence-electron chi connectivity index (χ1n) is 7.25. The quantitative estimate of drug-likeness (QED) is 0.828. The van der Waals surface area contributed by atoms with Crippen molar-refractivity contribution >= 4 is 27.6 Å². The average molecular weight is 340 g/mol. The molecule has 7 nitrogen and oxygen atoms in total. The van der Waals surface area contributed by atoms with Crippen LogP contribution in [-0.4, -0.2) is 51.6 Å². The maximum atomic E-state index is 12.6. The lowest BCUT2D eigenvalue weighted by Gasteiger charge is -2.31. The monoisotopic (exact) mass is 340 g/mol. The van der Waals surface area contributed by atoms with Crippen LogP contribution in [0.1, 0.15) is 23.2 Å². The second kappa shape index (κ2) is 6.99. The standard InChI is InChI=1S/C15H20N2O5S/c1-22-15(19)11-7-9-17(10-8-11)14(18)12-5-3-4-6-13(12)16-23(2,20)21/h3-6,11,16H,7-10H2,1-2H3.